The van der Waals surface area contributed by atoms with E-state index in [-0.39, 0.29) is 0 Å². The van der Waals surface area contributed by atoms with Crippen LogP contribution in [-0.4, -0.2) is 17.0 Å². The minimum atomic E-state index is 0.478. The van der Waals surface area contributed by atoms with Crippen LogP contribution in [0.25, 0.3) is 0 Å². The Morgan fingerprint density at radius 3 is 2.41 bits per heavy atom. The third-order valence-electron chi connectivity index (χ3n) is 4.68. The minimum Gasteiger partial charge on any atom is -0.374 e. The van der Waals surface area contributed by atoms with Crippen LogP contribution in [0.5, 0.6) is 0 Å². The van der Waals surface area contributed by atoms with Crippen LogP contribution in [0.3, 0.4) is 0 Å². The average molecular weight is 303 g/mol. The number of alkyl halides is 1. The predicted molar refractivity (Wildman–Crippen MR) is 76.6 cm³/mol. The van der Waals surface area contributed by atoms with Crippen molar-refractivity contribution in [3.8, 4) is 0 Å². The van der Waals surface area contributed by atoms with Gasteiger partial charge in [0.15, 0.2) is 0 Å². The van der Waals surface area contributed by atoms with Gasteiger partial charge >= 0.3 is 0 Å². The summed E-state index contributed by atoms with van der Waals surface area (Å²) in [6.45, 7) is 7.10. The molecule has 0 N–H and O–H groups in total. The second kappa shape index (κ2) is 6.06. The molecular formula is C15H27BrO. The highest BCUT2D eigenvalue weighted by Gasteiger charge is 2.35. The van der Waals surface area contributed by atoms with Gasteiger partial charge < -0.3 is 4.74 Å². The van der Waals surface area contributed by atoms with Gasteiger partial charge in [-0.1, -0.05) is 43.1 Å². The summed E-state index contributed by atoms with van der Waals surface area (Å²) in [5, 5.41) is 0. The largest absolute Gasteiger partial charge is 0.374 e. The molecule has 2 fully saturated rings. The lowest BCUT2D eigenvalue weighted by Gasteiger charge is -2.39. The molecule has 0 aliphatic heterocycles. The van der Waals surface area contributed by atoms with Crippen LogP contribution in [-0.2, 0) is 4.74 Å². The number of hydrogen-bond donors (Lipinski definition) is 0. The van der Waals surface area contributed by atoms with Gasteiger partial charge in [0, 0.05) is 4.83 Å². The Morgan fingerprint density at radius 1 is 1.06 bits per heavy atom. The molecule has 0 aromatic rings. The zero-order valence-corrected chi connectivity index (χ0v) is 13.1. The van der Waals surface area contributed by atoms with E-state index < -0.39 is 0 Å². The van der Waals surface area contributed by atoms with E-state index in [1.807, 2.05) is 0 Å². The summed E-state index contributed by atoms with van der Waals surface area (Å²) in [6.07, 6.45) is 8.90. The summed E-state index contributed by atoms with van der Waals surface area (Å²) in [5.74, 6) is 2.40. The number of rotatable bonds is 3. The lowest BCUT2D eigenvalue weighted by Crippen LogP contribution is -2.38. The van der Waals surface area contributed by atoms with Crippen molar-refractivity contribution in [2.75, 3.05) is 0 Å². The van der Waals surface area contributed by atoms with Crippen molar-refractivity contribution in [1.29, 1.82) is 0 Å². The molecule has 2 rings (SSSR count). The van der Waals surface area contributed by atoms with E-state index in [1.54, 1.807) is 0 Å². The van der Waals surface area contributed by atoms with Crippen molar-refractivity contribution < 1.29 is 4.74 Å². The molecule has 2 saturated carbocycles. The molecule has 100 valence electrons. The molecule has 1 nitrogen and oxygen atoms in total. The van der Waals surface area contributed by atoms with Gasteiger partial charge in [-0.05, 0) is 49.9 Å². The summed E-state index contributed by atoms with van der Waals surface area (Å²) < 4.78 is 6.46. The Labute approximate surface area is 115 Å². The third-order valence-corrected chi connectivity index (χ3v) is 5.73. The van der Waals surface area contributed by atoms with Crippen LogP contribution in [0.1, 0.15) is 59.3 Å². The number of hydrogen-bond acceptors (Lipinski definition) is 1. The average Bonchev–Trinajstić information content (AvgIpc) is 2.64. The molecule has 0 heterocycles. The van der Waals surface area contributed by atoms with Gasteiger partial charge in [-0.2, -0.15) is 0 Å². The van der Waals surface area contributed by atoms with Gasteiger partial charge in [-0.25, -0.2) is 0 Å². The van der Waals surface area contributed by atoms with Crippen LogP contribution in [0.4, 0.5) is 0 Å². The molecule has 2 heteroatoms. The van der Waals surface area contributed by atoms with Crippen LogP contribution in [0.2, 0.25) is 0 Å². The standard InChI is InChI=1S/C15H27BrO/c1-10(2)12-8-7-11(3)9-15(12)17-14-6-4-5-13(14)16/h10-15H,4-9H2,1-3H3. The number of ether oxygens (including phenoxy) is 1. The molecule has 0 saturated heterocycles. The first kappa shape index (κ1) is 13.9. The van der Waals surface area contributed by atoms with E-state index >= 15 is 0 Å². The Kier molecular flexibility index (Phi) is 4.94. The minimum absolute atomic E-state index is 0.478. The Balaban J connectivity index is 1.94. The maximum Gasteiger partial charge on any atom is 0.0703 e. The first-order valence-electron chi connectivity index (χ1n) is 7.37. The van der Waals surface area contributed by atoms with E-state index in [4.69, 9.17) is 4.74 Å². The topological polar surface area (TPSA) is 9.23 Å². The lowest BCUT2D eigenvalue weighted by atomic mass is 9.75. The molecule has 0 spiro atoms. The smallest absolute Gasteiger partial charge is 0.0703 e. The van der Waals surface area contributed by atoms with Crippen LogP contribution >= 0.6 is 15.9 Å². The molecule has 0 bridgehead atoms. The van der Waals surface area contributed by atoms with Crippen LogP contribution in [0, 0.1) is 17.8 Å². The summed E-state index contributed by atoms with van der Waals surface area (Å²) in [5.41, 5.74) is 0. The van der Waals surface area contributed by atoms with E-state index in [1.165, 1.54) is 38.5 Å². The van der Waals surface area contributed by atoms with Crippen molar-refractivity contribution in [1.82, 2.24) is 0 Å². The summed E-state index contributed by atoms with van der Waals surface area (Å²) in [7, 11) is 0. The molecule has 2 aliphatic carbocycles. The van der Waals surface area contributed by atoms with Gasteiger partial charge in [-0.15, -0.1) is 0 Å². The monoisotopic (exact) mass is 302 g/mol. The van der Waals surface area contributed by atoms with E-state index in [9.17, 15) is 0 Å². The fourth-order valence-electron chi connectivity index (χ4n) is 3.53. The maximum absolute atomic E-state index is 6.46. The van der Waals surface area contributed by atoms with Crippen molar-refractivity contribution in [3.05, 3.63) is 0 Å². The molecular weight excluding hydrogens is 276 g/mol. The van der Waals surface area contributed by atoms with E-state index in [0.717, 1.165) is 17.8 Å². The van der Waals surface area contributed by atoms with Crippen LogP contribution in [0.15, 0.2) is 0 Å². The first-order valence-corrected chi connectivity index (χ1v) is 8.29. The molecule has 17 heavy (non-hydrogen) atoms. The molecule has 5 atom stereocenters. The predicted octanol–water partition coefficient (Wildman–Crippen LogP) is 4.78. The molecule has 2 aliphatic rings. The van der Waals surface area contributed by atoms with Crippen molar-refractivity contribution in [2.45, 2.75) is 76.3 Å². The van der Waals surface area contributed by atoms with E-state index in [0.29, 0.717) is 17.0 Å². The Morgan fingerprint density at radius 2 is 1.82 bits per heavy atom. The van der Waals surface area contributed by atoms with Gasteiger partial charge in [0.25, 0.3) is 0 Å². The molecule has 5 unspecified atom stereocenters. The zero-order chi connectivity index (χ0) is 12.4. The molecule has 0 aromatic carbocycles. The Bertz CT molecular complexity index is 241. The third kappa shape index (κ3) is 3.47. The van der Waals surface area contributed by atoms with Gasteiger partial charge in [-0.3, -0.25) is 0 Å². The van der Waals surface area contributed by atoms with Crippen LogP contribution < -0.4 is 0 Å². The summed E-state index contributed by atoms with van der Waals surface area (Å²) in [6, 6.07) is 0. The highest BCUT2D eigenvalue weighted by atomic mass is 79.9. The summed E-state index contributed by atoms with van der Waals surface area (Å²) >= 11 is 3.78. The SMILES string of the molecule is CC1CCC(C(C)C)C(OC2CCCC2Br)C1. The maximum atomic E-state index is 6.46. The molecule has 0 amide bonds. The van der Waals surface area contributed by atoms with E-state index in [2.05, 4.69) is 36.7 Å². The second-order valence-corrected chi connectivity index (χ2v) is 7.66. The lowest BCUT2D eigenvalue weighted by molar-refractivity contribution is -0.0750. The Hall–Kier alpha value is 0.440. The fraction of sp³-hybridized carbons (Fsp3) is 1.00. The van der Waals surface area contributed by atoms with Crippen molar-refractivity contribution in [3.63, 3.8) is 0 Å². The molecule has 0 aromatic heterocycles. The highest BCUT2D eigenvalue weighted by molar-refractivity contribution is 9.09. The quantitative estimate of drug-likeness (QED) is 0.682. The van der Waals surface area contributed by atoms with Gasteiger partial charge in [0.1, 0.15) is 0 Å². The highest BCUT2D eigenvalue weighted by Crippen LogP contribution is 2.38. The normalized spacial score (nSPS) is 43.2. The summed E-state index contributed by atoms with van der Waals surface area (Å²) in [4.78, 5) is 0.604. The van der Waals surface area contributed by atoms with Gasteiger partial charge in [0.05, 0.1) is 12.2 Å². The van der Waals surface area contributed by atoms with Crippen molar-refractivity contribution >= 4 is 15.9 Å². The second-order valence-electron chi connectivity index (χ2n) is 6.49. The van der Waals surface area contributed by atoms with Crippen molar-refractivity contribution in [2.24, 2.45) is 17.8 Å². The van der Waals surface area contributed by atoms with Gasteiger partial charge in [0.2, 0.25) is 0 Å². The zero-order valence-electron chi connectivity index (χ0n) is 11.5. The fourth-order valence-corrected chi connectivity index (χ4v) is 4.24. The number of halogens is 1. The first-order chi connectivity index (χ1) is 8.08. The molecule has 0 radical (unpaired) electrons.